The molecular weight excluding hydrogens is 552 g/mol. The number of para-hydroxylation sites is 1. The average molecular weight is 593 g/mol. The summed E-state index contributed by atoms with van der Waals surface area (Å²) in [7, 11) is -1.92. The SMILES string of the molecule is CCN(CC)CCCCNC(=O)c1cc2c(-c3cc(S(C)(=O)=O)ccc3Oc3c(C)cccc3C)cn(C)c(=O)c2[nH]1. The number of hydrogen-bond donors (Lipinski definition) is 2. The first-order chi connectivity index (χ1) is 19.9. The molecule has 42 heavy (non-hydrogen) atoms. The second-order valence-electron chi connectivity index (χ2n) is 10.7. The van der Waals surface area contributed by atoms with Crippen molar-refractivity contribution >= 4 is 26.6 Å². The molecule has 0 saturated heterocycles. The Kier molecular flexibility index (Phi) is 9.58. The van der Waals surface area contributed by atoms with Crippen LogP contribution < -0.4 is 15.6 Å². The van der Waals surface area contributed by atoms with E-state index < -0.39 is 9.84 Å². The molecule has 2 N–H and O–H groups in total. The molecule has 2 heterocycles. The van der Waals surface area contributed by atoms with Crippen LogP contribution in [0.5, 0.6) is 11.5 Å². The highest BCUT2D eigenvalue weighted by atomic mass is 32.2. The summed E-state index contributed by atoms with van der Waals surface area (Å²) in [6.07, 6.45) is 4.60. The summed E-state index contributed by atoms with van der Waals surface area (Å²) in [6, 6.07) is 12.2. The third kappa shape index (κ3) is 6.77. The number of nitrogens with zero attached hydrogens (tertiary/aromatic N) is 2. The fourth-order valence-corrected chi connectivity index (χ4v) is 5.72. The number of ether oxygens (including phenoxy) is 1. The number of fused-ring (bicyclic) bond motifs is 1. The second kappa shape index (κ2) is 13.0. The molecule has 0 atom stereocenters. The van der Waals surface area contributed by atoms with Crippen molar-refractivity contribution in [2.24, 2.45) is 7.05 Å². The van der Waals surface area contributed by atoms with Crippen LogP contribution in [-0.4, -0.2) is 61.2 Å². The van der Waals surface area contributed by atoms with Gasteiger partial charge < -0.3 is 24.5 Å². The molecule has 0 aliphatic heterocycles. The first kappa shape index (κ1) is 31.1. The number of amides is 1. The lowest BCUT2D eigenvalue weighted by molar-refractivity contribution is 0.0948. The van der Waals surface area contributed by atoms with E-state index in [1.54, 1.807) is 31.4 Å². The molecule has 2 aromatic carbocycles. The third-order valence-electron chi connectivity index (χ3n) is 7.58. The highest BCUT2D eigenvalue weighted by molar-refractivity contribution is 7.90. The van der Waals surface area contributed by atoms with Crippen molar-refractivity contribution in [1.82, 2.24) is 19.8 Å². The third-order valence-corrected chi connectivity index (χ3v) is 8.69. The molecule has 4 rings (SSSR count). The molecule has 2 aromatic heterocycles. The van der Waals surface area contributed by atoms with E-state index in [0.717, 1.165) is 49.9 Å². The Labute approximate surface area is 247 Å². The zero-order valence-corrected chi connectivity index (χ0v) is 26.0. The summed E-state index contributed by atoms with van der Waals surface area (Å²) in [5.74, 6) is 0.793. The van der Waals surface area contributed by atoms with Gasteiger partial charge in [-0.3, -0.25) is 9.59 Å². The average Bonchev–Trinajstić information content (AvgIpc) is 3.40. The lowest BCUT2D eigenvalue weighted by Crippen LogP contribution is -2.27. The van der Waals surface area contributed by atoms with Crippen LogP contribution in [0.3, 0.4) is 0 Å². The van der Waals surface area contributed by atoms with Gasteiger partial charge in [0.2, 0.25) is 0 Å². The molecule has 4 aromatic rings. The second-order valence-corrected chi connectivity index (χ2v) is 12.7. The van der Waals surface area contributed by atoms with Gasteiger partial charge in [0.25, 0.3) is 11.5 Å². The van der Waals surface area contributed by atoms with Crippen LogP contribution >= 0.6 is 0 Å². The number of pyridine rings is 1. The van der Waals surface area contributed by atoms with Crippen molar-refractivity contribution in [3.8, 4) is 22.6 Å². The number of rotatable bonds is 12. The van der Waals surface area contributed by atoms with Gasteiger partial charge in [-0.1, -0.05) is 32.0 Å². The minimum absolute atomic E-state index is 0.117. The summed E-state index contributed by atoms with van der Waals surface area (Å²) < 4.78 is 32.9. The van der Waals surface area contributed by atoms with Crippen molar-refractivity contribution < 1.29 is 17.9 Å². The maximum atomic E-state index is 13.1. The Morgan fingerprint density at radius 2 is 1.71 bits per heavy atom. The number of aromatic amines is 1. The Balaban J connectivity index is 1.74. The molecule has 0 fully saturated rings. The molecule has 224 valence electrons. The predicted molar refractivity (Wildman–Crippen MR) is 167 cm³/mol. The Bertz CT molecular complexity index is 1750. The van der Waals surface area contributed by atoms with Crippen molar-refractivity contribution in [3.63, 3.8) is 0 Å². The Hall–Kier alpha value is -3.89. The van der Waals surface area contributed by atoms with Crippen LogP contribution in [0.4, 0.5) is 0 Å². The quantitative estimate of drug-likeness (QED) is 0.219. The molecule has 9 nitrogen and oxygen atoms in total. The van der Waals surface area contributed by atoms with Gasteiger partial charge in [-0.25, -0.2) is 8.42 Å². The molecule has 1 amide bonds. The molecule has 10 heteroatoms. The summed E-state index contributed by atoms with van der Waals surface area (Å²) in [4.78, 5) is 31.7. The Morgan fingerprint density at radius 1 is 1.02 bits per heavy atom. The van der Waals surface area contributed by atoms with Gasteiger partial charge >= 0.3 is 0 Å². The van der Waals surface area contributed by atoms with E-state index in [9.17, 15) is 18.0 Å². The molecule has 0 aliphatic rings. The summed E-state index contributed by atoms with van der Waals surface area (Å²) in [6.45, 7) is 11.7. The van der Waals surface area contributed by atoms with Gasteiger partial charge in [0.1, 0.15) is 22.7 Å². The van der Waals surface area contributed by atoms with Gasteiger partial charge in [0.15, 0.2) is 9.84 Å². The van der Waals surface area contributed by atoms with E-state index in [2.05, 4.69) is 29.0 Å². The number of hydrogen-bond acceptors (Lipinski definition) is 6. The van der Waals surface area contributed by atoms with Gasteiger partial charge in [-0.2, -0.15) is 0 Å². The first-order valence-corrected chi connectivity index (χ1v) is 16.1. The maximum absolute atomic E-state index is 13.1. The van der Waals surface area contributed by atoms with Crippen molar-refractivity contribution in [3.05, 3.63) is 75.8 Å². The van der Waals surface area contributed by atoms with E-state index in [4.69, 9.17) is 4.74 Å². The normalized spacial score (nSPS) is 11.8. The maximum Gasteiger partial charge on any atom is 0.274 e. The number of aryl methyl sites for hydroxylation is 3. The van der Waals surface area contributed by atoms with E-state index in [1.165, 1.54) is 10.6 Å². The number of benzene rings is 2. The van der Waals surface area contributed by atoms with Gasteiger partial charge in [-0.05, 0) is 81.7 Å². The number of carbonyl (C=O) groups excluding carboxylic acids is 1. The predicted octanol–water partition coefficient (Wildman–Crippen LogP) is 5.20. The number of nitrogens with one attached hydrogen (secondary N) is 2. The molecule has 0 saturated carbocycles. The van der Waals surface area contributed by atoms with Crippen LogP contribution in [0.2, 0.25) is 0 Å². The highest BCUT2D eigenvalue weighted by Gasteiger charge is 2.21. The number of H-pyrrole nitrogens is 1. The number of sulfone groups is 1. The lowest BCUT2D eigenvalue weighted by atomic mass is 10.0. The minimum Gasteiger partial charge on any atom is -0.456 e. The first-order valence-electron chi connectivity index (χ1n) is 14.3. The van der Waals surface area contributed by atoms with E-state index in [0.29, 0.717) is 34.6 Å². The zero-order chi connectivity index (χ0) is 30.6. The van der Waals surface area contributed by atoms with Crippen LogP contribution in [0.25, 0.3) is 22.0 Å². The number of unbranched alkanes of at least 4 members (excludes halogenated alkanes) is 1. The van der Waals surface area contributed by atoms with E-state index >= 15 is 0 Å². The number of carbonyl (C=O) groups is 1. The topological polar surface area (TPSA) is 114 Å². The van der Waals surface area contributed by atoms with E-state index in [-0.39, 0.29) is 27.6 Å². The smallest absolute Gasteiger partial charge is 0.274 e. The zero-order valence-electron chi connectivity index (χ0n) is 25.2. The van der Waals surface area contributed by atoms with Crippen molar-refractivity contribution in [2.75, 3.05) is 32.4 Å². The molecule has 0 aliphatic carbocycles. The van der Waals surface area contributed by atoms with Gasteiger partial charge in [-0.15, -0.1) is 0 Å². The highest BCUT2D eigenvalue weighted by Crippen LogP contribution is 2.39. The monoisotopic (exact) mass is 592 g/mol. The lowest BCUT2D eigenvalue weighted by Gasteiger charge is -2.17. The summed E-state index contributed by atoms with van der Waals surface area (Å²) in [5, 5.41) is 3.45. The molecular formula is C32H40N4O5S. The van der Waals surface area contributed by atoms with Gasteiger partial charge in [0.05, 0.1) is 4.90 Å². The fourth-order valence-electron chi connectivity index (χ4n) is 5.08. The van der Waals surface area contributed by atoms with E-state index in [1.807, 2.05) is 32.0 Å². The fraction of sp³-hybridized carbons (Fsp3) is 0.375. The molecule has 0 unspecified atom stereocenters. The van der Waals surface area contributed by atoms with Crippen molar-refractivity contribution in [1.29, 1.82) is 0 Å². The summed E-state index contributed by atoms with van der Waals surface area (Å²) >= 11 is 0. The van der Waals surface area contributed by atoms with Crippen LogP contribution in [0.1, 0.15) is 48.3 Å². The minimum atomic E-state index is -3.54. The standard InChI is InChI=1S/C32H40N4O5S/c1-7-36(8-2)17-10-9-16-33-31(37)27-19-25-26(20-35(5)32(38)29(25)34-27)24-18-23(42(6,39)40)14-15-28(24)41-30-21(3)12-11-13-22(30)4/h11-15,18-20,34H,7-10,16-17H2,1-6H3,(H,33,37). The van der Waals surface area contributed by atoms with Gasteiger partial charge in [0, 0.05) is 42.6 Å². The van der Waals surface area contributed by atoms with Crippen molar-refractivity contribution in [2.45, 2.75) is 45.4 Å². The number of aromatic nitrogens is 2. The largest absolute Gasteiger partial charge is 0.456 e. The summed E-state index contributed by atoms with van der Waals surface area (Å²) in [5.41, 5.74) is 3.12. The Morgan fingerprint density at radius 3 is 2.36 bits per heavy atom. The molecule has 0 radical (unpaired) electrons. The van der Waals surface area contributed by atoms with Crippen LogP contribution in [0.15, 0.2) is 58.4 Å². The molecule has 0 spiro atoms. The molecule has 0 bridgehead atoms. The van der Waals surface area contributed by atoms with Crippen LogP contribution in [0, 0.1) is 13.8 Å². The van der Waals surface area contributed by atoms with Crippen LogP contribution in [-0.2, 0) is 16.9 Å².